The van der Waals surface area contributed by atoms with Crippen molar-refractivity contribution in [2.75, 3.05) is 0 Å². The van der Waals surface area contributed by atoms with Gasteiger partial charge >= 0.3 is 0 Å². The lowest BCUT2D eigenvalue weighted by Gasteiger charge is -2.10. The van der Waals surface area contributed by atoms with Gasteiger partial charge in [-0.15, -0.1) is 6.58 Å². The maximum Gasteiger partial charge on any atom is 0.0541 e. The summed E-state index contributed by atoms with van der Waals surface area (Å²) in [7, 11) is 0. The van der Waals surface area contributed by atoms with Crippen LogP contribution in [0.1, 0.15) is 19.0 Å². The Bertz CT molecular complexity index is 244. The van der Waals surface area contributed by atoms with E-state index >= 15 is 0 Å². The highest BCUT2D eigenvalue weighted by molar-refractivity contribution is 5.03. The van der Waals surface area contributed by atoms with E-state index in [9.17, 15) is 0 Å². The molecule has 13 heavy (non-hydrogen) atoms. The molecule has 0 bridgehead atoms. The second-order valence-corrected chi connectivity index (χ2v) is 3.13. The van der Waals surface area contributed by atoms with Gasteiger partial charge < -0.3 is 5.32 Å². The van der Waals surface area contributed by atoms with Crippen LogP contribution < -0.4 is 5.32 Å². The average Bonchev–Trinajstić information content (AvgIpc) is 2.17. The third kappa shape index (κ3) is 3.85. The molecule has 2 nitrogen and oxygen atoms in total. The van der Waals surface area contributed by atoms with Crippen LogP contribution in [-0.2, 0) is 6.54 Å². The van der Waals surface area contributed by atoms with Crippen LogP contribution in [0, 0.1) is 0 Å². The van der Waals surface area contributed by atoms with Crippen LogP contribution in [0.2, 0.25) is 0 Å². The summed E-state index contributed by atoms with van der Waals surface area (Å²) >= 11 is 0. The van der Waals surface area contributed by atoms with Crippen molar-refractivity contribution in [1.82, 2.24) is 10.3 Å². The minimum absolute atomic E-state index is 0.472. The van der Waals surface area contributed by atoms with Gasteiger partial charge in [0, 0.05) is 18.8 Å². The van der Waals surface area contributed by atoms with Crippen LogP contribution in [0.5, 0.6) is 0 Å². The molecule has 1 unspecified atom stereocenters. The highest BCUT2D eigenvalue weighted by Crippen LogP contribution is 1.96. The maximum absolute atomic E-state index is 4.22. The summed E-state index contributed by atoms with van der Waals surface area (Å²) in [6.45, 7) is 6.67. The van der Waals surface area contributed by atoms with Crippen LogP contribution in [0.4, 0.5) is 0 Å². The van der Waals surface area contributed by atoms with E-state index in [1.165, 1.54) is 0 Å². The Labute approximate surface area is 79.7 Å². The summed E-state index contributed by atoms with van der Waals surface area (Å²) in [5, 5.41) is 3.37. The summed E-state index contributed by atoms with van der Waals surface area (Å²) in [4.78, 5) is 4.22. The molecule has 1 heterocycles. The predicted octanol–water partition coefficient (Wildman–Crippen LogP) is 2.14. The molecular formula is C11H16N2. The number of nitrogens with one attached hydrogen (secondary N) is 1. The molecule has 70 valence electrons. The molecule has 1 rings (SSSR count). The molecule has 0 saturated heterocycles. The number of hydrogen-bond donors (Lipinski definition) is 1. The van der Waals surface area contributed by atoms with Gasteiger partial charge in [-0.25, -0.2) is 0 Å². The van der Waals surface area contributed by atoms with Crippen molar-refractivity contribution < 1.29 is 0 Å². The molecule has 2 heteroatoms. The van der Waals surface area contributed by atoms with E-state index < -0.39 is 0 Å². The van der Waals surface area contributed by atoms with Crippen LogP contribution in [0.15, 0.2) is 37.1 Å². The number of hydrogen-bond acceptors (Lipinski definition) is 2. The Morgan fingerprint density at radius 2 is 2.46 bits per heavy atom. The highest BCUT2D eigenvalue weighted by Gasteiger charge is 1.98. The molecule has 0 aliphatic heterocycles. The standard InChI is InChI=1S/C11H16N2/c1-3-6-10(2)13-9-11-7-4-5-8-12-11/h3-5,7-8,10,13H,1,6,9H2,2H3. The number of pyridine rings is 1. The molecule has 0 radical (unpaired) electrons. The second-order valence-electron chi connectivity index (χ2n) is 3.13. The van der Waals surface area contributed by atoms with Gasteiger partial charge in [-0.1, -0.05) is 12.1 Å². The van der Waals surface area contributed by atoms with Gasteiger partial charge in [-0.2, -0.15) is 0 Å². The lowest BCUT2D eigenvalue weighted by molar-refractivity contribution is 0.548. The summed E-state index contributed by atoms with van der Waals surface area (Å²) < 4.78 is 0. The first kappa shape index (κ1) is 9.93. The smallest absolute Gasteiger partial charge is 0.0541 e. The van der Waals surface area contributed by atoms with Crippen molar-refractivity contribution >= 4 is 0 Å². The lowest BCUT2D eigenvalue weighted by atomic mass is 10.2. The molecule has 0 aromatic carbocycles. The van der Waals surface area contributed by atoms with Crippen molar-refractivity contribution in [1.29, 1.82) is 0 Å². The van der Waals surface area contributed by atoms with E-state index in [1.54, 1.807) is 0 Å². The monoisotopic (exact) mass is 176 g/mol. The number of rotatable bonds is 5. The van der Waals surface area contributed by atoms with Crippen molar-refractivity contribution in [2.45, 2.75) is 25.9 Å². The first-order chi connectivity index (χ1) is 6.33. The summed E-state index contributed by atoms with van der Waals surface area (Å²) in [6.07, 6.45) is 4.73. The Balaban J connectivity index is 2.30. The van der Waals surface area contributed by atoms with Gasteiger partial charge in [0.2, 0.25) is 0 Å². The van der Waals surface area contributed by atoms with Gasteiger partial charge in [0.15, 0.2) is 0 Å². The van der Waals surface area contributed by atoms with Crippen LogP contribution in [-0.4, -0.2) is 11.0 Å². The normalized spacial score (nSPS) is 12.4. The van der Waals surface area contributed by atoms with E-state index in [1.807, 2.05) is 30.5 Å². The fourth-order valence-electron chi connectivity index (χ4n) is 1.11. The Hall–Kier alpha value is -1.15. The second kappa shape index (κ2) is 5.49. The summed E-state index contributed by atoms with van der Waals surface area (Å²) in [5.41, 5.74) is 1.08. The number of aromatic nitrogens is 1. The third-order valence-electron chi connectivity index (χ3n) is 1.88. The van der Waals surface area contributed by atoms with E-state index in [0.29, 0.717) is 6.04 Å². The third-order valence-corrected chi connectivity index (χ3v) is 1.88. The minimum atomic E-state index is 0.472. The average molecular weight is 176 g/mol. The molecule has 1 N–H and O–H groups in total. The molecule has 0 saturated carbocycles. The van der Waals surface area contributed by atoms with Crippen LogP contribution in [0.3, 0.4) is 0 Å². The highest BCUT2D eigenvalue weighted by atomic mass is 14.9. The molecule has 0 spiro atoms. The predicted molar refractivity (Wildman–Crippen MR) is 55.4 cm³/mol. The summed E-state index contributed by atoms with van der Waals surface area (Å²) in [5.74, 6) is 0. The van der Waals surface area contributed by atoms with Gasteiger partial charge in [-0.05, 0) is 25.5 Å². The van der Waals surface area contributed by atoms with Gasteiger partial charge in [-0.3, -0.25) is 4.98 Å². The molecule has 0 fully saturated rings. The Morgan fingerprint density at radius 1 is 1.62 bits per heavy atom. The molecule has 0 aliphatic carbocycles. The zero-order chi connectivity index (χ0) is 9.52. The Kier molecular flexibility index (Phi) is 4.19. The minimum Gasteiger partial charge on any atom is -0.308 e. The topological polar surface area (TPSA) is 24.9 Å². The van der Waals surface area contributed by atoms with Gasteiger partial charge in [0.05, 0.1) is 5.69 Å². The zero-order valence-electron chi connectivity index (χ0n) is 8.03. The maximum atomic E-state index is 4.22. The van der Waals surface area contributed by atoms with Crippen molar-refractivity contribution in [2.24, 2.45) is 0 Å². The van der Waals surface area contributed by atoms with E-state index in [-0.39, 0.29) is 0 Å². The summed E-state index contributed by atoms with van der Waals surface area (Å²) in [6, 6.07) is 6.42. The van der Waals surface area contributed by atoms with Gasteiger partial charge in [0.25, 0.3) is 0 Å². The van der Waals surface area contributed by atoms with Crippen molar-refractivity contribution in [3.8, 4) is 0 Å². The first-order valence-corrected chi connectivity index (χ1v) is 4.57. The van der Waals surface area contributed by atoms with Crippen LogP contribution >= 0.6 is 0 Å². The lowest BCUT2D eigenvalue weighted by Crippen LogP contribution is -2.25. The molecule has 0 aliphatic rings. The molecular weight excluding hydrogens is 160 g/mol. The fraction of sp³-hybridized carbons (Fsp3) is 0.364. The van der Waals surface area contributed by atoms with Crippen LogP contribution in [0.25, 0.3) is 0 Å². The molecule has 1 aromatic heterocycles. The van der Waals surface area contributed by atoms with Crippen molar-refractivity contribution in [3.63, 3.8) is 0 Å². The first-order valence-electron chi connectivity index (χ1n) is 4.57. The van der Waals surface area contributed by atoms with Gasteiger partial charge in [0.1, 0.15) is 0 Å². The van der Waals surface area contributed by atoms with E-state index in [4.69, 9.17) is 0 Å². The fourth-order valence-corrected chi connectivity index (χ4v) is 1.11. The largest absolute Gasteiger partial charge is 0.308 e. The molecule has 1 aromatic rings. The quantitative estimate of drug-likeness (QED) is 0.695. The SMILES string of the molecule is C=CCC(C)NCc1ccccn1. The molecule has 1 atom stereocenters. The van der Waals surface area contributed by atoms with E-state index in [0.717, 1.165) is 18.7 Å². The van der Waals surface area contributed by atoms with E-state index in [2.05, 4.69) is 23.8 Å². The zero-order valence-corrected chi connectivity index (χ0v) is 8.03. The Morgan fingerprint density at radius 3 is 3.08 bits per heavy atom. The van der Waals surface area contributed by atoms with Crippen molar-refractivity contribution in [3.05, 3.63) is 42.7 Å². The number of nitrogens with zero attached hydrogens (tertiary/aromatic N) is 1. The molecule has 0 amide bonds.